The van der Waals surface area contributed by atoms with E-state index in [0.29, 0.717) is 17.5 Å². The lowest BCUT2D eigenvalue weighted by molar-refractivity contribution is 1.08. The highest BCUT2D eigenvalue weighted by Gasteiger charge is 2.21. The average molecular weight is 662 g/mol. The molecule has 0 atom stereocenters. The first-order valence-electron chi connectivity index (χ1n) is 17.6. The van der Waals surface area contributed by atoms with Gasteiger partial charge in [0.15, 0.2) is 17.5 Å². The Hall–Kier alpha value is -6.97. The summed E-state index contributed by atoms with van der Waals surface area (Å²) in [5, 5.41) is 9.35. The van der Waals surface area contributed by atoms with E-state index in [-0.39, 0.29) is 0 Å². The van der Waals surface area contributed by atoms with Gasteiger partial charge in [0.1, 0.15) is 0 Å². The van der Waals surface area contributed by atoms with E-state index in [0.717, 1.165) is 55.1 Å². The number of fused-ring (bicyclic) bond motifs is 5. The van der Waals surface area contributed by atoms with Crippen LogP contribution in [0, 0.1) is 0 Å². The van der Waals surface area contributed by atoms with E-state index in [1.54, 1.807) is 0 Å². The first-order valence-corrected chi connectivity index (χ1v) is 17.6. The van der Waals surface area contributed by atoms with Gasteiger partial charge in [0.2, 0.25) is 0 Å². The SMILES string of the molecule is c1ccc(-c2ccccc2-c2nc(-c3ccccc3-c3ccc4ccccc4c3)nc(-c3c4ccccc4cc4c3ccc3ccccc34)n2)cc1. The average Bonchev–Trinajstić information content (AvgIpc) is 3.22. The first kappa shape index (κ1) is 29.9. The van der Waals surface area contributed by atoms with Gasteiger partial charge >= 0.3 is 0 Å². The van der Waals surface area contributed by atoms with Crippen molar-refractivity contribution in [3.8, 4) is 56.4 Å². The quantitative estimate of drug-likeness (QED) is 0.136. The van der Waals surface area contributed by atoms with Crippen molar-refractivity contribution in [2.45, 2.75) is 0 Å². The van der Waals surface area contributed by atoms with Crippen molar-refractivity contribution in [1.82, 2.24) is 15.0 Å². The number of benzene rings is 9. The minimum absolute atomic E-state index is 0.633. The molecule has 0 aliphatic carbocycles. The lowest BCUT2D eigenvalue weighted by Crippen LogP contribution is -2.03. The van der Waals surface area contributed by atoms with Gasteiger partial charge < -0.3 is 0 Å². The van der Waals surface area contributed by atoms with E-state index < -0.39 is 0 Å². The highest BCUT2D eigenvalue weighted by molar-refractivity contribution is 6.19. The lowest BCUT2D eigenvalue weighted by atomic mass is 9.92. The van der Waals surface area contributed by atoms with Crippen LogP contribution in [0.15, 0.2) is 188 Å². The second-order valence-electron chi connectivity index (χ2n) is 13.2. The summed E-state index contributed by atoms with van der Waals surface area (Å²) in [7, 11) is 0. The number of nitrogens with zero attached hydrogens (tertiary/aromatic N) is 3. The van der Waals surface area contributed by atoms with E-state index in [1.807, 2.05) is 6.07 Å². The summed E-state index contributed by atoms with van der Waals surface area (Å²) < 4.78 is 0. The normalized spacial score (nSPS) is 11.5. The second kappa shape index (κ2) is 12.4. The molecule has 3 heteroatoms. The van der Waals surface area contributed by atoms with Gasteiger partial charge in [0, 0.05) is 16.7 Å². The molecular formula is C49H31N3. The molecule has 10 aromatic rings. The summed E-state index contributed by atoms with van der Waals surface area (Å²) in [6.45, 7) is 0. The number of aromatic nitrogens is 3. The molecule has 0 bridgehead atoms. The molecule has 0 radical (unpaired) electrons. The van der Waals surface area contributed by atoms with Crippen molar-refractivity contribution < 1.29 is 0 Å². The van der Waals surface area contributed by atoms with Crippen molar-refractivity contribution in [3.63, 3.8) is 0 Å². The highest BCUT2D eigenvalue weighted by Crippen LogP contribution is 2.41. The van der Waals surface area contributed by atoms with Crippen molar-refractivity contribution in [2.75, 3.05) is 0 Å². The van der Waals surface area contributed by atoms with E-state index in [1.165, 1.54) is 26.9 Å². The van der Waals surface area contributed by atoms with Crippen LogP contribution < -0.4 is 0 Å². The number of hydrogen-bond acceptors (Lipinski definition) is 3. The maximum atomic E-state index is 5.41. The zero-order valence-electron chi connectivity index (χ0n) is 28.2. The lowest BCUT2D eigenvalue weighted by Gasteiger charge is -2.16. The van der Waals surface area contributed by atoms with E-state index in [4.69, 9.17) is 15.0 Å². The van der Waals surface area contributed by atoms with Gasteiger partial charge in [0.05, 0.1) is 0 Å². The Labute approximate surface area is 301 Å². The summed E-state index contributed by atoms with van der Waals surface area (Å²) in [5.74, 6) is 1.91. The molecule has 242 valence electrons. The van der Waals surface area contributed by atoms with Crippen LogP contribution in [-0.4, -0.2) is 15.0 Å². The third-order valence-electron chi connectivity index (χ3n) is 10.1. The zero-order chi connectivity index (χ0) is 34.4. The van der Waals surface area contributed by atoms with Crippen LogP contribution in [-0.2, 0) is 0 Å². The fraction of sp³-hybridized carbons (Fsp3) is 0. The maximum absolute atomic E-state index is 5.41. The molecule has 0 spiro atoms. The molecule has 10 rings (SSSR count). The predicted octanol–water partition coefficient (Wildman–Crippen LogP) is 12.8. The van der Waals surface area contributed by atoms with Crippen molar-refractivity contribution in [2.24, 2.45) is 0 Å². The van der Waals surface area contributed by atoms with Gasteiger partial charge in [-0.2, -0.15) is 0 Å². The molecule has 0 N–H and O–H groups in total. The van der Waals surface area contributed by atoms with Crippen molar-refractivity contribution in [3.05, 3.63) is 188 Å². The summed E-state index contributed by atoms with van der Waals surface area (Å²) >= 11 is 0. The fourth-order valence-corrected chi connectivity index (χ4v) is 7.62. The molecule has 0 saturated carbocycles. The minimum Gasteiger partial charge on any atom is -0.208 e. The maximum Gasteiger partial charge on any atom is 0.165 e. The molecule has 0 unspecified atom stereocenters. The van der Waals surface area contributed by atoms with Gasteiger partial charge in [0.25, 0.3) is 0 Å². The molecule has 0 aliphatic heterocycles. The Morgan fingerprint density at radius 3 is 1.50 bits per heavy atom. The summed E-state index contributed by atoms with van der Waals surface area (Å²) in [6.07, 6.45) is 0. The Morgan fingerprint density at radius 2 is 0.769 bits per heavy atom. The van der Waals surface area contributed by atoms with E-state index in [2.05, 4.69) is 182 Å². The smallest absolute Gasteiger partial charge is 0.165 e. The molecular weight excluding hydrogens is 631 g/mol. The van der Waals surface area contributed by atoms with Crippen LogP contribution in [0.25, 0.3) is 99.5 Å². The van der Waals surface area contributed by atoms with Gasteiger partial charge in [-0.1, -0.05) is 176 Å². The molecule has 1 heterocycles. The Balaban J connectivity index is 1.29. The van der Waals surface area contributed by atoms with Crippen LogP contribution in [0.2, 0.25) is 0 Å². The number of hydrogen-bond donors (Lipinski definition) is 0. The molecule has 9 aromatic carbocycles. The molecule has 52 heavy (non-hydrogen) atoms. The van der Waals surface area contributed by atoms with Gasteiger partial charge in [-0.15, -0.1) is 0 Å². The predicted molar refractivity (Wildman–Crippen MR) is 217 cm³/mol. The third-order valence-corrected chi connectivity index (χ3v) is 10.1. The Bertz CT molecular complexity index is 2970. The standard InChI is InChI=1S/C49H31N3/c1-2-15-33(16-3-1)38-20-10-12-24-43(38)47-50-48(44-25-13-11-22-40(44)37-27-26-32-14-4-5-18-35(32)30-37)52-49(51-47)46-41-23-9-7-19-36(41)31-45-39-21-8-6-17-34(39)28-29-42(45)46/h1-31H. The van der Waals surface area contributed by atoms with Crippen LogP contribution in [0.1, 0.15) is 0 Å². The van der Waals surface area contributed by atoms with Gasteiger partial charge in [-0.05, 0) is 77.5 Å². The molecule has 1 aromatic heterocycles. The summed E-state index contributed by atoms with van der Waals surface area (Å²) in [5.41, 5.74) is 7.28. The van der Waals surface area contributed by atoms with Gasteiger partial charge in [-0.25, -0.2) is 15.0 Å². The van der Waals surface area contributed by atoms with E-state index in [9.17, 15) is 0 Å². The van der Waals surface area contributed by atoms with Crippen LogP contribution in [0.4, 0.5) is 0 Å². The van der Waals surface area contributed by atoms with Crippen LogP contribution >= 0.6 is 0 Å². The fourth-order valence-electron chi connectivity index (χ4n) is 7.62. The van der Waals surface area contributed by atoms with Crippen LogP contribution in [0.3, 0.4) is 0 Å². The summed E-state index contributed by atoms with van der Waals surface area (Å²) in [4.78, 5) is 16.1. The highest BCUT2D eigenvalue weighted by atomic mass is 15.0. The monoisotopic (exact) mass is 661 g/mol. The largest absolute Gasteiger partial charge is 0.208 e. The topological polar surface area (TPSA) is 38.7 Å². The van der Waals surface area contributed by atoms with Crippen LogP contribution in [0.5, 0.6) is 0 Å². The Kier molecular flexibility index (Phi) is 7.14. The number of rotatable bonds is 5. The minimum atomic E-state index is 0.633. The van der Waals surface area contributed by atoms with Gasteiger partial charge in [-0.3, -0.25) is 0 Å². The molecule has 3 nitrogen and oxygen atoms in total. The summed E-state index contributed by atoms with van der Waals surface area (Å²) in [6, 6.07) is 66.3. The first-order chi connectivity index (χ1) is 25.8. The third kappa shape index (κ3) is 5.10. The second-order valence-corrected chi connectivity index (χ2v) is 13.2. The molecule has 0 amide bonds. The zero-order valence-corrected chi connectivity index (χ0v) is 28.2. The molecule has 0 saturated heterocycles. The Morgan fingerprint density at radius 1 is 0.250 bits per heavy atom. The van der Waals surface area contributed by atoms with Crippen molar-refractivity contribution >= 4 is 43.1 Å². The molecule has 0 fully saturated rings. The molecule has 0 aliphatic rings. The van der Waals surface area contributed by atoms with E-state index >= 15 is 0 Å². The van der Waals surface area contributed by atoms with Crippen molar-refractivity contribution in [1.29, 1.82) is 0 Å².